The van der Waals surface area contributed by atoms with Crippen molar-refractivity contribution in [3.63, 3.8) is 0 Å². The summed E-state index contributed by atoms with van der Waals surface area (Å²) in [7, 11) is 12.7. The zero-order valence-electron chi connectivity index (χ0n) is 34.6. The molecular weight excluding hydrogens is 729 g/mol. The maximum atomic E-state index is 6.21. The number of H-pyrrole nitrogens is 2. The molecule has 9 rings (SSSR count). The molecule has 0 fully saturated rings. The first-order valence-electron chi connectivity index (χ1n) is 20.1. The smallest absolute Gasteiger partial charge is 0.169 e. The monoisotopic (exact) mass is 778 g/mol. The lowest BCUT2D eigenvalue weighted by Gasteiger charge is -2.23. The molecule has 9 nitrogen and oxygen atoms in total. The summed E-state index contributed by atoms with van der Waals surface area (Å²) in [6.07, 6.45) is 22.0. The van der Waals surface area contributed by atoms with Crippen LogP contribution in [0.5, 0.6) is 5.75 Å². The molecule has 2 aliphatic heterocycles. The molecule has 6 aromatic heterocycles. The molecule has 1 aromatic carbocycles. The Morgan fingerprint density at radius 3 is 1.10 bits per heavy atom. The van der Waals surface area contributed by atoms with Crippen molar-refractivity contribution in [1.29, 1.82) is 0 Å². The van der Waals surface area contributed by atoms with E-state index in [9.17, 15) is 0 Å². The van der Waals surface area contributed by atoms with Crippen molar-refractivity contribution in [1.82, 2.24) is 19.9 Å². The Morgan fingerprint density at radius 2 is 0.780 bits per heavy atom. The first-order chi connectivity index (χ1) is 28.6. The first-order valence-corrected chi connectivity index (χ1v) is 20.1. The highest BCUT2D eigenvalue weighted by molar-refractivity contribution is 5.99. The number of aromatic nitrogens is 7. The van der Waals surface area contributed by atoms with Gasteiger partial charge in [-0.25, -0.2) is 23.7 Å². The number of aryl methyl sites for hydroxylation is 3. The van der Waals surface area contributed by atoms with Crippen LogP contribution in [0.2, 0.25) is 0 Å². The average molecular weight is 779 g/mol. The van der Waals surface area contributed by atoms with Gasteiger partial charge >= 0.3 is 0 Å². The second kappa shape index (κ2) is 15.4. The van der Waals surface area contributed by atoms with Gasteiger partial charge in [-0.05, 0) is 83.0 Å². The number of ether oxygens (including phenoxy) is 1. The summed E-state index contributed by atoms with van der Waals surface area (Å²) in [6.45, 7) is 1.72. The van der Waals surface area contributed by atoms with Gasteiger partial charge in [0.1, 0.15) is 26.9 Å². The van der Waals surface area contributed by atoms with Gasteiger partial charge in [-0.3, -0.25) is 0 Å². The van der Waals surface area contributed by atoms with Crippen molar-refractivity contribution in [3.8, 4) is 50.3 Å². The molecule has 0 aliphatic carbocycles. The van der Waals surface area contributed by atoms with Crippen molar-refractivity contribution in [2.24, 2.45) is 21.1 Å². The molecule has 2 N–H and O–H groups in total. The first kappa shape index (κ1) is 37.6. The van der Waals surface area contributed by atoms with Gasteiger partial charge in [-0.15, -0.1) is 0 Å². The largest absolute Gasteiger partial charge is 0.493 e. The van der Waals surface area contributed by atoms with Gasteiger partial charge < -0.3 is 19.2 Å². The van der Waals surface area contributed by atoms with E-state index in [2.05, 4.69) is 191 Å². The van der Waals surface area contributed by atoms with Crippen LogP contribution in [0.3, 0.4) is 0 Å². The number of nitrogens with one attached hydrogen (secondary N) is 2. The molecule has 0 atom stereocenters. The fourth-order valence-electron chi connectivity index (χ4n) is 7.87. The van der Waals surface area contributed by atoms with Crippen LogP contribution in [-0.2, 0) is 21.1 Å². The van der Waals surface area contributed by atoms with Crippen LogP contribution in [0.1, 0.15) is 29.2 Å². The van der Waals surface area contributed by atoms with Gasteiger partial charge in [-0.1, -0.05) is 12.1 Å². The Hall–Kier alpha value is -6.97. The topological polar surface area (TPSA) is 78.2 Å². The quantitative estimate of drug-likeness (QED) is 0.0881. The van der Waals surface area contributed by atoms with Crippen LogP contribution in [0.15, 0.2) is 122 Å². The van der Waals surface area contributed by atoms with E-state index >= 15 is 0 Å². The standard InChI is InChI=1S/C50H49N8O/c1-55-26-20-35(21-27-55)48-41-14-12-39(51-41)47(34-8-10-38(11-9-34)59-33-7-32-58(4,5)6)40-13-15-42(52-40)49(36-22-28-56(2)29-23-36)44-17-19-46(54-44)50(45-18-16-43(48)53-45)37-24-30-57(3)31-25-37/h8-31H,7,32-33H2,1-6H3,(H,51,52,53,54)/q+3/p+1. The van der Waals surface area contributed by atoms with E-state index in [1.165, 1.54) is 0 Å². The molecule has 0 radical (unpaired) electrons. The van der Waals surface area contributed by atoms with Gasteiger partial charge in [0, 0.05) is 87.1 Å². The Bertz CT molecular complexity index is 2870. The van der Waals surface area contributed by atoms with Crippen LogP contribution in [0.4, 0.5) is 0 Å². The molecule has 0 unspecified atom stereocenters. The number of rotatable bonds is 9. The normalized spacial score (nSPS) is 12.3. The molecule has 0 spiro atoms. The van der Waals surface area contributed by atoms with Crippen molar-refractivity contribution < 1.29 is 22.9 Å². The third kappa shape index (κ3) is 7.85. The second-order valence-corrected chi connectivity index (χ2v) is 16.5. The highest BCUT2D eigenvalue weighted by Crippen LogP contribution is 2.38. The number of aromatic amines is 2. The van der Waals surface area contributed by atoms with E-state index in [1.807, 2.05) is 21.1 Å². The molecule has 292 valence electrons. The number of benzene rings is 1. The van der Waals surface area contributed by atoms with E-state index in [-0.39, 0.29) is 0 Å². The number of pyridine rings is 3. The summed E-state index contributed by atoms with van der Waals surface area (Å²) in [4.78, 5) is 18.6. The van der Waals surface area contributed by atoms with Gasteiger partial charge in [0.2, 0.25) is 0 Å². The molecule has 0 amide bonds. The molecule has 59 heavy (non-hydrogen) atoms. The van der Waals surface area contributed by atoms with Crippen LogP contribution in [-0.4, -0.2) is 58.7 Å². The SMILES string of the molecule is C[n+]1ccc(-c2c3nc(c(-c4cc[n+](C)cc4)c4ccc([nH]4)c(-c4cc[n+](C)cc4)c4nc(c(-c5ccc(OCCC[N+](C)(C)C)cc5)c5ccc2[nH]5)C=C4)C=C3)cc1. The highest BCUT2D eigenvalue weighted by Gasteiger charge is 2.20. The zero-order valence-corrected chi connectivity index (χ0v) is 34.6. The van der Waals surface area contributed by atoms with E-state index in [0.717, 1.165) is 113 Å². The summed E-state index contributed by atoms with van der Waals surface area (Å²) in [5, 5.41) is 0. The fourth-order valence-corrected chi connectivity index (χ4v) is 7.87. The minimum atomic E-state index is 0.673. The summed E-state index contributed by atoms with van der Waals surface area (Å²) in [6, 6.07) is 30.0. The number of hydrogen-bond donors (Lipinski definition) is 2. The number of nitrogens with zero attached hydrogens (tertiary/aromatic N) is 6. The highest BCUT2D eigenvalue weighted by atomic mass is 16.5. The minimum Gasteiger partial charge on any atom is -0.493 e. The zero-order chi connectivity index (χ0) is 40.7. The predicted octanol–water partition coefficient (Wildman–Crippen LogP) is 8.27. The average Bonchev–Trinajstić information content (AvgIpc) is 4.07. The van der Waals surface area contributed by atoms with Crippen molar-refractivity contribution in [2.45, 2.75) is 6.42 Å². The molecule has 9 heteroatoms. The van der Waals surface area contributed by atoms with E-state index in [1.54, 1.807) is 0 Å². The second-order valence-electron chi connectivity index (χ2n) is 16.5. The Morgan fingerprint density at radius 1 is 0.458 bits per heavy atom. The third-order valence-corrected chi connectivity index (χ3v) is 10.9. The van der Waals surface area contributed by atoms with E-state index in [0.29, 0.717) is 6.61 Å². The Labute approximate surface area is 345 Å². The van der Waals surface area contributed by atoms with Crippen molar-refractivity contribution in [3.05, 3.63) is 145 Å². The van der Waals surface area contributed by atoms with Gasteiger partial charge in [0.15, 0.2) is 37.2 Å². The van der Waals surface area contributed by atoms with E-state index in [4.69, 9.17) is 14.7 Å². The van der Waals surface area contributed by atoms with Crippen LogP contribution >= 0.6 is 0 Å². The molecule has 8 bridgehead atoms. The maximum absolute atomic E-state index is 6.21. The van der Waals surface area contributed by atoms with Crippen LogP contribution < -0.4 is 18.4 Å². The van der Waals surface area contributed by atoms with Crippen LogP contribution in [0.25, 0.3) is 90.9 Å². The summed E-state index contributed by atoms with van der Waals surface area (Å²) in [5.41, 5.74) is 15.7. The van der Waals surface area contributed by atoms with Crippen LogP contribution in [0, 0.1) is 0 Å². The molecule has 8 heterocycles. The van der Waals surface area contributed by atoms with Gasteiger partial charge in [0.05, 0.1) is 57.1 Å². The lowest BCUT2D eigenvalue weighted by Crippen LogP contribution is -2.35. The van der Waals surface area contributed by atoms with Crippen molar-refractivity contribution in [2.75, 3.05) is 34.3 Å². The molecule has 7 aromatic rings. The lowest BCUT2D eigenvalue weighted by atomic mass is 10.0. The minimum absolute atomic E-state index is 0.673. The van der Waals surface area contributed by atoms with Gasteiger partial charge in [0.25, 0.3) is 0 Å². The third-order valence-electron chi connectivity index (χ3n) is 10.9. The molecular formula is C50H50N8O+4. The lowest BCUT2D eigenvalue weighted by molar-refractivity contribution is -0.870. The predicted molar refractivity (Wildman–Crippen MR) is 237 cm³/mol. The summed E-state index contributed by atoms with van der Waals surface area (Å²) in [5.74, 6) is 0.856. The number of fused-ring (bicyclic) bond motifs is 8. The maximum Gasteiger partial charge on any atom is 0.169 e. The Balaban J connectivity index is 1.34. The van der Waals surface area contributed by atoms with E-state index < -0.39 is 0 Å². The number of hydrogen-bond acceptors (Lipinski definition) is 3. The van der Waals surface area contributed by atoms with Gasteiger partial charge in [-0.2, -0.15) is 0 Å². The Kier molecular flexibility index (Phi) is 9.82. The fraction of sp³-hybridized carbons (Fsp3) is 0.180. The number of quaternary nitrogens is 1. The summed E-state index contributed by atoms with van der Waals surface area (Å²) < 4.78 is 13.3. The molecule has 0 saturated heterocycles. The molecule has 0 saturated carbocycles. The molecule has 2 aliphatic rings. The summed E-state index contributed by atoms with van der Waals surface area (Å²) >= 11 is 0. The van der Waals surface area contributed by atoms with Crippen molar-refractivity contribution >= 4 is 46.4 Å².